The highest BCUT2D eigenvalue weighted by molar-refractivity contribution is 7.14. The first-order valence-corrected chi connectivity index (χ1v) is 6.72. The molecule has 0 fully saturated rings. The molecule has 0 saturated carbocycles. The number of nitrogens with zero attached hydrogens (tertiary/aromatic N) is 2. The molecule has 2 rings (SSSR count). The van der Waals surface area contributed by atoms with Gasteiger partial charge < -0.3 is 4.74 Å². The quantitative estimate of drug-likeness (QED) is 0.780. The fraction of sp³-hybridized carbons (Fsp3) is 0.333. The number of aromatic nitrogens is 2. The van der Waals surface area contributed by atoms with Crippen LogP contribution in [0.15, 0.2) is 24.3 Å². The summed E-state index contributed by atoms with van der Waals surface area (Å²) in [6.07, 6.45) is 1.82. The number of benzene rings is 1. The molecule has 0 saturated heterocycles. The smallest absolute Gasteiger partial charge is 0.151 e. The van der Waals surface area contributed by atoms with Crippen molar-refractivity contribution in [3.05, 3.63) is 29.3 Å². The SMILES string of the molecule is COc1ccccc1-c1nnc(CCCCl)s1. The van der Waals surface area contributed by atoms with E-state index >= 15 is 0 Å². The second-order valence-corrected chi connectivity index (χ2v) is 4.93. The Morgan fingerprint density at radius 2 is 2.12 bits per heavy atom. The van der Waals surface area contributed by atoms with Crippen molar-refractivity contribution in [2.45, 2.75) is 12.8 Å². The summed E-state index contributed by atoms with van der Waals surface area (Å²) >= 11 is 7.25. The lowest BCUT2D eigenvalue weighted by atomic mass is 10.2. The Bertz CT molecular complexity index is 487. The molecule has 0 bridgehead atoms. The van der Waals surface area contributed by atoms with Crippen LogP contribution in [0.3, 0.4) is 0 Å². The predicted molar refractivity (Wildman–Crippen MR) is 70.9 cm³/mol. The van der Waals surface area contributed by atoms with Gasteiger partial charge in [-0.2, -0.15) is 0 Å². The zero-order valence-corrected chi connectivity index (χ0v) is 11.1. The van der Waals surface area contributed by atoms with Crippen LogP contribution in [-0.2, 0) is 6.42 Å². The summed E-state index contributed by atoms with van der Waals surface area (Å²) in [5.41, 5.74) is 0.990. The number of aryl methyl sites for hydroxylation is 1. The highest BCUT2D eigenvalue weighted by Crippen LogP contribution is 2.31. The summed E-state index contributed by atoms with van der Waals surface area (Å²) in [4.78, 5) is 0. The van der Waals surface area contributed by atoms with Crippen LogP contribution in [0.5, 0.6) is 5.75 Å². The lowest BCUT2D eigenvalue weighted by Gasteiger charge is -2.03. The van der Waals surface area contributed by atoms with Crippen molar-refractivity contribution in [1.82, 2.24) is 10.2 Å². The lowest BCUT2D eigenvalue weighted by Crippen LogP contribution is -1.86. The van der Waals surface area contributed by atoms with Crippen LogP contribution < -0.4 is 4.74 Å². The van der Waals surface area contributed by atoms with Gasteiger partial charge in [-0.05, 0) is 18.6 Å². The summed E-state index contributed by atoms with van der Waals surface area (Å²) in [6.45, 7) is 0. The molecule has 17 heavy (non-hydrogen) atoms. The Morgan fingerprint density at radius 1 is 1.29 bits per heavy atom. The molecule has 0 spiro atoms. The molecule has 3 nitrogen and oxygen atoms in total. The molecule has 0 aliphatic carbocycles. The molecule has 2 aromatic rings. The van der Waals surface area contributed by atoms with Crippen LogP contribution in [-0.4, -0.2) is 23.2 Å². The third-order valence-corrected chi connectivity index (χ3v) is 3.61. The van der Waals surface area contributed by atoms with Crippen LogP contribution in [0.1, 0.15) is 11.4 Å². The van der Waals surface area contributed by atoms with Crippen molar-refractivity contribution in [3.63, 3.8) is 0 Å². The first-order chi connectivity index (χ1) is 8.35. The van der Waals surface area contributed by atoms with Crippen molar-refractivity contribution in [3.8, 4) is 16.3 Å². The highest BCUT2D eigenvalue weighted by atomic mass is 35.5. The highest BCUT2D eigenvalue weighted by Gasteiger charge is 2.10. The standard InChI is InChI=1S/C12H13ClN2OS/c1-16-10-6-3-2-5-9(10)12-15-14-11(17-12)7-4-8-13/h2-3,5-6H,4,7-8H2,1H3. The molecule has 1 aromatic carbocycles. The molecule has 1 aromatic heterocycles. The third-order valence-electron chi connectivity index (χ3n) is 2.33. The summed E-state index contributed by atoms with van der Waals surface area (Å²) in [5, 5.41) is 10.3. The first-order valence-electron chi connectivity index (χ1n) is 5.37. The van der Waals surface area contributed by atoms with Crippen LogP contribution in [0.2, 0.25) is 0 Å². The van der Waals surface area contributed by atoms with E-state index in [2.05, 4.69) is 10.2 Å². The molecule has 90 valence electrons. The van der Waals surface area contributed by atoms with Gasteiger partial charge in [0.15, 0.2) is 5.01 Å². The Kier molecular flexibility index (Phi) is 4.34. The normalized spacial score (nSPS) is 10.5. The second-order valence-electron chi connectivity index (χ2n) is 3.49. The summed E-state index contributed by atoms with van der Waals surface area (Å²) < 4.78 is 5.31. The summed E-state index contributed by atoms with van der Waals surface area (Å²) in [6, 6.07) is 7.83. The Hall–Kier alpha value is -1.13. The molecule has 0 atom stereocenters. The van der Waals surface area contributed by atoms with Crippen molar-refractivity contribution < 1.29 is 4.74 Å². The third kappa shape index (κ3) is 2.96. The minimum Gasteiger partial charge on any atom is -0.496 e. The number of para-hydroxylation sites is 1. The van der Waals surface area contributed by atoms with E-state index in [0.717, 1.165) is 34.2 Å². The second kappa shape index (κ2) is 5.98. The van der Waals surface area contributed by atoms with E-state index in [4.69, 9.17) is 16.3 Å². The molecule has 0 aliphatic heterocycles. The number of ether oxygens (including phenoxy) is 1. The Morgan fingerprint density at radius 3 is 2.88 bits per heavy atom. The first kappa shape index (κ1) is 12.3. The summed E-state index contributed by atoms with van der Waals surface area (Å²) in [5.74, 6) is 1.48. The maximum atomic E-state index is 5.66. The van der Waals surface area contributed by atoms with Gasteiger partial charge in [-0.1, -0.05) is 23.5 Å². The fourth-order valence-corrected chi connectivity index (χ4v) is 2.55. The average Bonchev–Trinajstić information content (AvgIpc) is 2.85. The van der Waals surface area contributed by atoms with Gasteiger partial charge in [-0.15, -0.1) is 21.8 Å². The largest absolute Gasteiger partial charge is 0.496 e. The molecular weight excluding hydrogens is 256 g/mol. The molecule has 0 unspecified atom stereocenters. The lowest BCUT2D eigenvalue weighted by molar-refractivity contribution is 0.416. The van der Waals surface area contributed by atoms with E-state index in [1.165, 1.54) is 0 Å². The maximum absolute atomic E-state index is 5.66. The topological polar surface area (TPSA) is 35.0 Å². The molecule has 0 N–H and O–H groups in total. The van der Waals surface area contributed by atoms with Crippen LogP contribution in [0.4, 0.5) is 0 Å². The number of hydrogen-bond donors (Lipinski definition) is 0. The molecule has 5 heteroatoms. The van der Waals surface area contributed by atoms with Gasteiger partial charge in [0.1, 0.15) is 10.8 Å². The number of methoxy groups -OCH3 is 1. The van der Waals surface area contributed by atoms with E-state index < -0.39 is 0 Å². The van der Waals surface area contributed by atoms with Gasteiger partial charge in [-0.3, -0.25) is 0 Å². The van der Waals surface area contributed by atoms with E-state index in [-0.39, 0.29) is 0 Å². The van der Waals surface area contributed by atoms with Gasteiger partial charge in [0.05, 0.1) is 12.7 Å². The number of rotatable bonds is 5. The summed E-state index contributed by atoms with van der Waals surface area (Å²) in [7, 11) is 1.66. The fourth-order valence-electron chi connectivity index (χ4n) is 1.50. The molecule has 1 heterocycles. The predicted octanol–water partition coefficient (Wildman–Crippen LogP) is 3.39. The molecular formula is C12H13ClN2OS. The monoisotopic (exact) mass is 268 g/mol. The average molecular weight is 269 g/mol. The Balaban J connectivity index is 2.24. The minimum atomic E-state index is 0.656. The van der Waals surface area contributed by atoms with Gasteiger partial charge >= 0.3 is 0 Å². The number of alkyl halides is 1. The van der Waals surface area contributed by atoms with E-state index in [1.54, 1.807) is 18.4 Å². The van der Waals surface area contributed by atoms with Crippen molar-refractivity contribution in [1.29, 1.82) is 0 Å². The van der Waals surface area contributed by atoms with Gasteiger partial charge in [0, 0.05) is 12.3 Å². The minimum absolute atomic E-state index is 0.656. The van der Waals surface area contributed by atoms with Crippen molar-refractivity contribution in [2.75, 3.05) is 13.0 Å². The van der Waals surface area contributed by atoms with Crippen LogP contribution in [0.25, 0.3) is 10.6 Å². The van der Waals surface area contributed by atoms with Gasteiger partial charge in [0.25, 0.3) is 0 Å². The molecule has 0 amide bonds. The van der Waals surface area contributed by atoms with E-state index in [9.17, 15) is 0 Å². The zero-order valence-electron chi connectivity index (χ0n) is 9.52. The molecule has 0 aliphatic rings. The van der Waals surface area contributed by atoms with Crippen LogP contribution in [0, 0.1) is 0 Å². The van der Waals surface area contributed by atoms with E-state index in [0.29, 0.717) is 5.88 Å². The number of hydrogen-bond acceptors (Lipinski definition) is 4. The van der Waals surface area contributed by atoms with Crippen LogP contribution >= 0.6 is 22.9 Å². The van der Waals surface area contributed by atoms with Gasteiger partial charge in [0.2, 0.25) is 0 Å². The molecule has 0 radical (unpaired) electrons. The zero-order chi connectivity index (χ0) is 12.1. The Labute approximate surface area is 109 Å². The van der Waals surface area contributed by atoms with Crippen molar-refractivity contribution in [2.24, 2.45) is 0 Å². The number of halogens is 1. The van der Waals surface area contributed by atoms with E-state index in [1.807, 2.05) is 24.3 Å². The van der Waals surface area contributed by atoms with Gasteiger partial charge in [-0.25, -0.2) is 0 Å². The van der Waals surface area contributed by atoms with Crippen molar-refractivity contribution >= 4 is 22.9 Å². The maximum Gasteiger partial charge on any atom is 0.151 e.